The van der Waals surface area contributed by atoms with E-state index < -0.39 is 23.8 Å². The van der Waals surface area contributed by atoms with Gasteiger partial charge in [-0.05, 0) is 61.6 Å². The first-order valence-corrected chi connectivity index (χ1v) is 19.8. The lowest BCUT2D eigenvalue weighted by Gasteiger charge is -2.47. The highest BCUT2D eigenvalue weighted by Gasteiger charge is 2.45. The van der Waals surface area contributed by atoms with E-state index in [0.29, 0.717) is 59.7 Å². The maximum Gasteiger partial charge on any atom is 0.320 e. The fraction of sp³-hybridized carbons (Fsp3) is 0.439. The minimum Gasteiger partial charge on any atom is -0.371 e. The van der Waals surface area contributed by atoms with Crippen LogP contribution in [0.1, 0.15) is 68.4 Å². The van der Waals surface area contributed by atoms with Gasteiger partial charge in [-0.1, -0.05) is 18.7 Å². The molecule has 2 aromatic carbocycles. The summed E-state index contributed by atoms with van der Waals surface area (Å²) in [5, 5.41) is 5.95. The van der Waals surface area contributed by atoms with Crippen molar-refractivity contribution in [2.75, 3.05) is 81.1 Å². The highest BCUT2D eigenvalue weighted by molar-refractivity contribution is 6.23. The molecule has 0 saturated carbocycles. The number of benzene rings is 2. The van der Waals surface area contributed by atoms with Gasteiger partial charge in [-0.3, -0.25) is 24.1 Å². The van der Waals surface area contributed by atoms with Gasteiger partial charge in [0.05, 0.1) is 23.4 Å². The van der Waals surface area contributed by atoms with Crippen molar-refractivity contribution in [2.45, 2.75) is 43.7 Å². The van der Waals surface area contributed by atoms with E-state index in [2.05, 4.69) is 49.0 Å². The molecule has 7 heterocycles. The third-order valence-electron chi connectivity index (χ3n) is 12.4. The van der Waals surface area contributed by atoms with Gasteiger partial charge < -0.3 is 40.9 Å². The number of likely N-dealkylation sites (N-methyl/N-ethyl adjacent to an activating group) is 1. The van der Waals surface area contributed by atoms with Crippen LogP contribution in [0.2, 0.25) is 0 Å². The second kappa shape index (κ2) is 14.5. The molecule has 6 aliphatic rings. The lowest BCUT2D eigenvalue weighted by molar-refractivity contribution is -0.125. The smallest absolute Gasteiger partial charge is 0.320 e. The molecule has 16 heteroatoms. The fourth-order valence-electron chi connectivity index (χ4n) is 9.13. The standard InChI is InChI=1S/C41H47N11O5/c1-24-5-12-33(38(54)44-24)52-39(55)31-11-10-29(16-32(31)40(52)56)50-19-25(20-50)18-48-21-27(22-48)26-6-8-28(9-7-26)45-37-35(36(42)53)43-17-34(46-37)49-13-3-4-30(23-49)51-15-14-47(2)41(51)57/h6-11,16-17,25,27,30,33H,1,3-5,12-15,18-23H2,2H3,(H2,42,53)(H,44,54)(H,45,46)/t30-,33?/m1/s1. The molecule has 5 saturated heterocycles. The Morgan fingerprint density at radius 1 is 0.930 bits per heavy atom. The summed E-state index contributed by atoms with van der Waals surface area (Å²) in [4.78, 5) is 84.8. The first-order chi connectivity index (χ1) is 27.5. The van der Waals surface area contributed by atoms with E-state index in [4.69, 9.17) is 10.7 Å². The Morgan fingerprint density at radius 2 is 1.70 bits per heavy atom. The summed E-state index contributed by atoms with van der Waals surface area (Å²) >= 11 is 0. The predicted molar refractivity (Wildman–Crippen MR) is 212 cm³/mol. The van der Waals surface area contributed by atoms with Crippen LogP contribution in [0.25, 0.3) is 0 Å². The molecule has 0 bridgehead atoms. The van der Waals surface area contributed by atoms with Crippen LogP contribution >= 0.6 is 0 Å². The van der Waals surface area contributed by atoms with Crippen molar-refractivity contribution < 1.29 is 24.0 Å². The summed E-state index contributed by atoms with van der Waals surface area (Å²) in [6.07, 6.45) is 4.35. The van der Waals surface area contributed by atoms with Gasteiger partial charge >= 0.3 is 6.03 Å². The Balaban J connectivity index is 0.766. The monoisotopic (exact) mass is 773 g/mol. The van der Waals surface area contributed by atoms with E-state index in [1.165, 1.54) is 5.56 Å². The number of nitrogens with two attached hydrogens (primary N) is 1. The van der Waals surface area contributed by atoms with E-state index >= 15 is 0 Å². The second-order valence-electron chi connectivity index (χ2n) is 16.2. The van der Waals surface area contributed by atoms with E-state index in [9.17, 15) is 24.0 Å². The highest BCUT2D eigenvalue weighted by Crippen LogP contribution is 2.35. The number of hydrogen-bond acceptors (Lipinski definition) is 11. The number of piperidine rings is 2. The largest absolute Gasteiger partial charge is 0.371 e. The molecule has 3 aromatic rings. The van der Waals surface area contributed by atoms with Crippen molar-refractivity contribution in [1.29, 1.82) is 0 Å². The van der Waals surface area contributed by atoms with Crippen LogP contribution in [-0.2, 0) is 4.79 Å². The fourth-order valence-corrected chi connectivity index (χ4v) is 9.13. The van der Waals surface area contributed by atoms with Gasteiger partial charge in [0.15, 0.2) is 11.5 Å². The number of primary amides is 1. The van der Waals surface area contributed by atoms with E-state index in [0.717, 1.165) is 81.5 Å². The summed E-state index contributed by atoms with van der Waals surface area (Å²) < 4.78 is 0. The number of hydrogen-bond donors (Lipinski definition) is 3. The number of imide groups is 1. The summed E-state index contributed by atoms with van der Waals surface area (Å²) in [5.41, 5.74) is 10.00. The van der Waals surface area contributed by atoms with Gasteiger partial charge in [0.25, 0.3) is 17.7 Å². The van der Waals surface area contributed by atoms with Crippen molar-refractivity contribution in [3.05, 3.63) is 83.3 Å². The number of allylic oxidation sites excluding steroid dienone is 1. The number of urea groups is 1. The first kappa shape index (κ1) is 36.6. The Bertz CT molecular complexity index is 2170. The van der Waals surface area contributed by atoms with Gasteiger partial charge in [-0.2, -0.15) is 0 Å². The third kappa shape index (κ3) is 6.81. The molecule has 1 aromatic heterocycles. The number of anilines is 4. The molecule has 16 nitrogen and oxygen atoms in total. The van der Waals surface area contributed by atoms with Crippen LogP contribution < -0.4 is 26.2 Å². The minimum absolute atomic E-state index is 0.0601. The van der Waals surface area contributed by atoms with Crippen LogP contribution in [0, 0.1) is 5.92 Å². The van der Waals surface area contributed by atoms with Gasteiger partial charge in [-0.25, -0.2) is 14.8 Å². The summed E-state index contributed by atoms with van der Waals surface area (Å²) in [5.74, 6) is -0.00540. The third-order valence-corrected chi connectivity index (χ3v) is 12.4. The van der Waals surface area contributed by atoms with Crippen molar-refractivity contribution >= 4 is 52.7 Å². The molecule has 9 rings (SSSR count). The van der Waals surface area contributed by atoms with Crippen molar-refractivity contribution in [1.82, 2.24) is 34.9 Å². The lowest BCUT2D eigenvalue weighted by Crippen LogP contribution is -2.55. The number of rotatable bonds is 10. The molecule has 2 atom stereocenters. The molecule has 6 amide bonds. The van der Waals surface area contributed by atoms with Gasteiger partial charge in [0.1, 0.15) is 11.9 Å². The Kier molecular flexibility index (Phi) is 9.30. The van der Waals surface area contributed by atoms with Crippen LogP contribution in [0.5, 0.6) is 0 Å². The molecule has 0 aliphatic carbocycles. The number of carbonyl (C=O) groups excluding carboxylic acids is 5. The quantitative estimate of drug-likeness (QED) is 0.258. The maximum atomic E-state index is 13.3. The van der Waals surface area contributed by atoms with Crippen LogP contribution in [-0.4, -0.2) is 137 Å². The minimum atomic E-state index is -0.819. The molecule has 4 N–H and O–H groups in total. The zero-order valence-corrected chi connectivity index (χ0v) is 32.0. The molecule has 296 valence electrons. The van der Waals surface area contributed by atoms with Crippen molar-refractivity contribution in [2.24, 2.45) is 11.7 Å². The average molecular weight is 774 g/mol. The van der Waals surface area contributed by atoms with Crippen molar-refractivity contribution in [3.8, 4) is 0 Å². The summed E-state index contributed by atoms with van der Waals surface area (Å²) in [6.45, 7) is 11.3. The zero-order valence-electron chi connectivity index (χ0n) is 32.0. The number of nitrogens with one attached hydrogen (secondary N) is 2. The predicted octanol–water partition coefficient (Wildman–Crippen LogP) is 2.58. The Morgan fingerprint density at radius 3 is 2.42 bits per heavy atom. The van der Waals surface area contributed by atoms with E-state index in [1.54, 1.807) is 23.2 Å². The SMILES string of the molecule is C=C1CCC(N2C(=O)c3ccc(N4CC(CN5CC(c6ccc(Nc7nc(N8CCC[C@@H](N9CCN(C)C9=O)C8)cnc7C(N)=O)cc6)C5)C4)cc3C2=O)C(=O)N1. The number of amides is 6. The Labute approximate surface area is 330 Å². The lowest BCUT2D eigenvalue weighted by atomic mass is 9.89. The van der Waals surface area contributed by atoms with E-state index in [1.807, 2.05) is 30.1 Å². The molecule has 6 aliphatic heterocycles. The zero-order chi connectivity index (χ0) is 39.5. The van der Waals surface area contributed by atoms with Crippen LogP contribution in [0.3, 0.4) is 0 Å². The Hall–Kier alpha value is -6.03. The molecular formula is C41H47N11O5. The van der Waals surface area contributed by atoms with E-state index in [-0.39, 0.29) is 23.7 Å². The summed E-state index contributed by atoms with van der Waals surface area (Å²) in [6, 6.07) is 12.9. The van der Waals surface area contributed by atoms with Gasteiger partial charge in [0, 0.05) is 94.9 Å². The van der Waals surface area contributed by atoms with Crippen molar-refractivity contribution in [3.63, 3.8) is 0 Å². The summed E-state index contributed by atoms with van der Waals surface area (Å²) in [7, 11) is 1.83. The van der Waals surface area contributed by atoms with Gasteiger partial charge in [0.2, 0.25) is 5.91 Å². The topological polar surface area (TPSA) is 181 Å². The molecule has 1 unspecified atom stereocenters. The van der Waals surface area contributed by atoms with Crippen LogP contribution in [0.4, 0.5) is 27.8 Å². The van der Waals surface area contributed by atoms with Crippen LogP contribution in [0.15, 0.2) is 60.9 Å². The average Bonchev–Trinajstić information content (AvgIpc) is 3.63. The van der Waals surface area contributed by atoms with Gasteiger partial charge in [-0.15, -0.1) is 0 Å². The number of carbonyl (C=O) groups is 5. The highest BCUT2D eigenvalue weighted by atomic mass is 16.2. The maximum absolute atomic E-state index is 13.3. The molecular weight excluding hydrogens is 727 g/mol. The second-order valence-corrected chi connectivity index (χ2v) is 16.2. The molecule has 0 spiro atoms. The number of aromatic nitrogens is 2. The number of fused-ring (bicyclic) bond motifs is 1. The normalized spacial score (nSPS) is 23.2. The first-order valence-electron chi connectivity index (χ1n) is 19.8. The molecule has 5 fully saturated rings. The molecule has 0 radical (unpaired) electrons. The number of nitrogens with zero attached hydrogens (tertiary/aromatic N) is 8. The number of likely N-dealkylation sites (tertiary alicyclic amines) is 1. The molecule has 57 heavy (non-hydrogen) atoms.